The molecule has 0 saturated heterocycles. The molecule has 1 rings (SSSR count). The van der Waals surface area contributed by atoms with Crippen molar-refractivity contribution >= 4 is 0 Å². The van der Waals surface area contributed by atoms with Gasteiger partial charge < -0.3 is 15.1 Å². The fourth-order valence-electron chi connectivity index (χ4n) is 1.17. The molecule has 3 N–H and O–H groups in total. The van der Waals surface area contributed by atoms with Gasteiger partial charge in [0.1, 0.15) is 0 Å². The van der Waals surface area contributed by atoms with Crippen molar-refractivity contribution in [3.8, 4) is 11.5 Å². The molecule has 1 aromatic rings. The van der Waals surface area contributed by atoms with Gasteiger partial charge in [0.05, 0.1) is 7.11 Å². The summed E-state index contributed by atoms with van der Waals surface area (Å²) in [5, 5.41) is 18.0. The van der Waals surface area contributed by atoms with Crippen molar-refractivity contribution in [2.75, 3.05) is 7.11 Å². The quantitative estimate of drug-likeness (QED) is 0.616. The first-order valence-electron chi connectivity index (χ1n) is 3.92. The van der Waals surface area contributed by atoms with Crippen LogP contribution in [0.25, 0.3) is 0 Å². The summed E-state index contributed by atoms with van der Waals surface area (Å²) in [6.45, 7) is 2.11. The Balaban J connectivity index is 3.06. The van der Waals surface area contributed by atoms with Crippen molar-refractivity contribution in [2.45, 2.75) is 13.5 Å². The second kappa shape index (κ2) is 4.11. The highest BCUT2D eigenvalue weighted by Crippen LogP contribution is 2.30. The lowest BCUT2D eigenvalue weighted by atomic mass is 10.1. The predicted octanol–water partition coefficient (Wildman–Crippen LogP) is 1.19. The molecule has 0 aliphatic heterocycles. The summed E-state index contributed by atoms with van der Waals surface area (Å²) < 4.78 is 4.95. The highest BCUT2D eigenvalue weighted by Gasteiger charge is 2.06. The maximum absolute atomic E-state index is 9.48. The number of phenols is 1. The summed E-state index contributed by atoms with van der Waals surface area (Å²) >= 11 is 0. The lowest BCUT2D eigenvalue weighted by Crippen LogP contribution is -2.06. The molecule has 0 bridgehead atoms. The Morgan fingerprint density at radius 2 is 2.15 bits per heavy atom. The van der Waals surface area contributed by atoms with Crippen molar-refractivity contribution < 1.29 is 15.1 Å². The Morgan fingerprint density at radius 3 is 2.69 bits per heavy atom. The summed E-state index contributed by atoms with van der Waals surface area (Å²) in [5.41, 5.74) is 3.63. The Hall–Kier alpha value is -1.26. The lowest BCUT2D eigenvalue weighted by Gasteiger charge is -2.08. The molecule has 0 saturated carbocycles. The van der Waals surface area contributed by atoms with Crippen LogP contribution in [-0.2, 0) is 6.54 Å². The molecule has 0 unspecified atom stereocenters. The van der Waals surface area contributed by atoms with Crippen LogP contribution in [0.15, 0.2) is 12.1 Å². The molecule has 4 nitrogen and oxygen atoms in total. The van der Waals surface area contributed by atoms with E-state index in [0.717, 1.165) is 11.1 Å². The first-order valence-corrected chi connectivity index (χ1v) is 3.92. The Morgan fingerprint density at radius 1 is 1.46 bits per heavy atom. The van der Waals surface area contributed by atoms with Gasteiger partial charge >= 0.3 is 0 Å². The summed E-state index contributed by atoms with van der Waals surface area (Å²) in [6, 6.07) is 3.45. The first kappa shape index (κ1) is 9.83. The van der Waals surface area contributed by atoms with E-state index in [-0.39, 0.29) is 5.75 Å². The van der Waals surface area contributed by atoms with Gasteiger partial charge in [0.25, 0.3) is 0 Å². The van der Waals surface area contributed by atoms with Gasteiger partial charge in [0, 0.05) is 6.54 Å². The molecule has 72 valence electrons. The summed E-state index contributed by atoms with van der Waals surface area (Å²) in [4.78, 5) is 0. The third kappa shape index (κ3) is 2.11. The van der Waals surface area contributed by atoms with Gasteiger partial charge in [0.15, 0.2) is 11.5 Å². The fourth-order valence-corrected chi connectivity index (χ4v) is 1.17. The number of nitrogens with one attached hydrogen (secondary N) is 1. The van der Waals surface area contributed by atoms with Crippen LogP contribution >= 0.6 is 0 Å². The van der Waals surface area contributed by atoms with E-state index < -0.39 is 0 Å². The predicted molar refractivity (Wildman–Crippen MR) is 48.0 cm³/mol. The van der Waals surface area contributed by atoms with Gasteiger partial charge in [-0.1, -0.05) is 6.07 Å². The van der Waals surface area contributed by atoms with Crippen LogP contribution in [0.5, 0.6) is 11.5 Å². The maximum Gasteiger partial charge on any atom is 0.161 e. The van der Waals surface area contributed by atoms with E-state index in [2.05, 4.69) is 0 Å². The zero-order chi connectivity index (χ0) is 9.84. The van der Waals surface area contributed by atoms with E-state index >= 15 is 0 Å². The van der Waals surface area contributed by atoms with Crippen LogP contribution in [0.1, 0.15) is 11.1 Å². The number of hydroxylamine groups is 1. The number of phenolic OH excluding ortho intramolecular Hbond substituents is 1. The molecule has 0 radical (unpaired) electrons. The molecular formula is C9H13NO3. The average Bonchev–Trinajstić information content (AvgIpc) is 2.11. The minimum absolute atomic E-state index is 0.143. The van der Waals surface area contributed by atoms with E-state index in [1.165, 1.54) is 7.11 Å². The molecule has 0 amide bonds. The van der Waals surface area contributed by atoms with E-state index in [0.29, 0.717) is 12.3 Å². The van der Waals surface area contributed by atoms with Gasteiger partial charge in [0.2, 0.25) is 0 Å². The standard InChI is InChI=1S/C9H13NO3/c1-6-3-7(5-10-12)4-8(13-2)9(6)11/h3-4,10-12H,5H2,1-2H3. The fraction of sp³-hybridized carbons (Fsp3) is 0.333. The van der Waals surface area contributed by atoms with Gasteiger partial charge in [-0.25, -0.2) is 5.48 Å². The highest BCUT2D eigenvalue weighted by atomic mass is 16.5. The monoisotopic (exact) mass is 183 g/mol. The summed E-state index contributed by atoms with van der Waals surface area (Å²) in [7, 11) is 1.49. The number of hydrogen-bond donors (Lipinski definition) is 3. The first-order chi connectivity index (χ1) is 6.19. The molecule has 0 fully saturated rings. The third-order valence-corrected chi connectivity index (χ3v) is 1.83. The van der Waals surface area contributed by atoms with Crippen LogP contribution in [0.4, 0.5) is 0 Å². The number of rotatable bonds is 3. The van der Waals surface area contributed by atoms with Crippen molar-refractivity contribution in [2.24, 2.45) is 0 Å². The largest absolute Gasteiger partial charge is 0.504 e. The van der Waals surface area contributed by atoms with E-state index in [4.69, 9.17) is 9.94 Å². The van der Waals surface area contributed by atoms with E-state index in [9.17, 15) is 5.11 Å². The normalized spacial score (nSPS) is 10.1. The number of methoxy groups -OCH3 is 1. The van der Waals surface area contributed by atoms with Crippen molar-refractivity contribution in [1.82, 2.24) is 5.48 Å². The second-order valence-electron chi connectivity index (χ2n) is 2.80. The highest BCUT2D eigenvalue weighted by molar-refractivity contribution is 5.47. The Labute approximate surface area is 76.7 Å². The molecule has 0 atom stereocenters. The number of aromatic hydroxyl groups is 1. The van der Waals surface area contributed by atoms with Crippen LogP contribution in [0.2, 0.25) is 0 Å². The average molecular weight is 183 g/mol. The molecule has 0 aromatic heterocycles. The molecule has 0 spiro atoms. The molecule has 0 heterocycles. The van der Waals surface area contributed by atoms with E-state index in [1.807, 2.05) is 5.48 Å². The minimum atomic E-state index is 0.143. The Kier molecular flexibility index (Phi) is 3.11. The van der Waals surface area contributed by atoms with Crippen LogP contribution in [-0.4, -0.2) is 17.4 Å². The maximum atomic E-state index is 9.48. The lowest BCUT2D eigenvalue weighted by molar-refractivity contribution is 0.161. The molecule has 1 aromatic carbocycles. The molecule has 0 aliphatic carbocycles. The van der Waals surface area contributed by atoms with Crippen molar-refractivity contribution in [1.29, 1.82) is 0 Å². The number of hydrogen-bond acceptors (Lipinski definition) is 4. The number of benzene rings is 1. The summed E-state index contributed by atoms with van der Waals surface area (Å²) in [5.74, 6) is 0.564. The topological polar surface area (TPSA) is 61.7 Å². The van der Waals surface area contributed by atoms with Crippen LogP contribution in [0, 0.1) is 6.92 Å². The minimum Gasteiger partial charge on any atom is -0.504 e. The molecule has 0 aliphatic rings. The van der Waals surface area contributed by atoms with Crippen LogP contribution in [0.3, 0.4) is 0 Å². The smallest absolute Gasteiger partial charge is 0.161 e. The third-order valence-electron chi connectivity index (χ3n) is 1.83. The molecular weight excluding hydrogens is 170 g/mol. The Bertz CT molecular complexity index is 299. The molecule has 4 heteroatoms. The zero-order valence-electron chi connectivity index (χ0n) is 7.66. The molecule has 13 heavy (non-hydrogen) atoms. The van der Waals surface area contributed by atoms with Gasteiger partial charge in [-0.3, -0.25) is 0 Å². The zero-order valence-corrected chi connectivity index (χ0v) is 7.66. The SMILES string of the molecule is COc1cc(CNO)cc(C)c1O. The van der Waals surface area contributed by atoms with Crippen molar-refractivity contribution in [3.05, 3.63) is 23.3 Å². The second-order valence-corrected chi connectivity index (χ2v) is 2.80. The van der Waals surface area contributed by atoms with Crippen LogP contribution < -0.4 is 10.2 Å². The van der Waals surface area contributed by atoms with Crippen molar-refractivity contribution in [3.63, 3.8) is 0 Å². The van der Waals surface area contributed by atoms with Gasteiger partial charge in [-0.2, -0.15) is 0 Å². The number of aryl methyl sites for hydroxylation is 1. The van der Waals surface area contributed by atoms with E-state index in [1.54, 1.807) is 19.1 Å². The number of ether oxygens (including phenoxy) is 1. The van der Waals surface area contributed by atoms with Gasteiger partial charge in [-0.15, -0.1) is 0 Å². The summed E-state index contributed by atoms with van der Waals surface area (Å²) in [6.07, 6.45) is 0. The van der Waals surface area contributed by atoms with Gasteiger partial charge in [-0.05, 0) is 24.1 Å².